The second-order valence-electron chi connectivity index (χ2n) is 6.24. The molecule has 0 saturated heterocycles. The van der Waals surface area contributed by atoms with Gasteiger partial charge in [-0.15, -0.1) is 0 Å². The second kappa shape index (κ2) is 10.4. The molecule has 0 radical (unpaired) electrons. The van der Waals surface area contributed by atoms with Crippen molar-refractivity contribution in [3.05, 3.63) is 96.1 Å². The zero-order valence-corrected chi connectivity index (χ0v) is 16.0. The Morgan fingerprint density at radius 2 is 1.40 bits per heavy atom. The van der Waals surface area contributed by atoms with Gasteiger partial charge in [-0.05, 0) is 42.0 Å². The molecule has 0 saturated carbocycles. The lowest BCUT2D eigenvalue weighted by Crippen LogP contribution is -2.37. The number of hydrogen-bond acceptors (Lipinski definition) is 5. The topological polar surface area (TPSA) is 93.7 Å². The Hall–Kier alpha value is -4.13. The summed E-state index contributed by atoms with van der Waals surface area (Å²) in [5.41, 5.74) is 1.71. The van der Waals surface area contributed by atoms with Gasteiger partial charge in [-0.1, -0.05) is 48.5 Å². The van der Waals surface area contributed by atoms with Gasteiger partial charge in [-0.2, -0.15) is 0 Å². The molecule has 152 valence electrons. The van der Waals surface area contributed by atoms with Crippen LogP contribution in [0.15, 0.2) is 84.9 Å². The van der Waals surface area contributed by atoms with Gasteiger partial charge >= 0.3 is 12.0 Å². The number of rotatable bonds is 7. The van der Waals surface area contributed by atoms with Crippen LogP contribution in [0.5, 0.6) is 5.75 Å². The minimum Gasteiger partial charge on any atom is -0.489 e. The van der Waals surface area contributed by atoms with Crippen molar-refractivity contribution in [2.24, 2.45) is 0 Å². The van der Waals surface area contributed by atoms with Crippen molar-refractivity contribution in [1.29, 1.82) is 0 Å². The summed E-state index contributed by atoms with van der Waals surface area (Å²) in [6, 6.07) is 24.0. The minimum absolute atomic E-state index is 0.292. The molecule has 0 atom stereocenters. The molecule has 3 aromatic rings. The van der Waals surface area contributed by atoms with Gasteiger partial charge in [0.05, 0.1) is 5.56 Å². The predicted octanol–water partition coefficient (Wildman–Crippen LogP) is 3.77. The van der Waals surface area contributed by atoms with E-state index in [0.29, 0.717) is 17.9 Å². The molecular formula is C23H20N2O5. The SMILES string of the molecule is O=C(COC(=O)c1ccc(COc2ccccc2)cc1)NC(=O)Nc1ccccc1. The lowest BCUT2D eigenvalue weighted by molar-refractivity contribution is -0.123. The molecule has 7 heteroatoms. The van der Waals surface area contributed by atoms with E-state index in [1.807, 2.05) is 30.3 Å². The molecule has 0 heterocycles. The van der Waals surface area contributed by atoms with E-state index in [1.165, 1.54) is 0 Å². The molecule has 0 spiro atoms. The van der Waals surface area contributed by atoms with E-state index in [-0.39, 0.29) is 0 Å². The number of carbonyl (C=O) groups is 3. The van der Waals surface area contributed by atoms with Crippen molar-refractivity contribution in [1.82, 2.24) is 5.32 Å². The van der Waals surface area contributed by atoms with Crippen LogP contribution in [0.3, 0.4) is 0 Å². The van der Waals surface area contributed by atoms with E-state index in [0.717, 1.165) is 11.3 Å². The molecule has 0 aromatic heterocycles. The fourth-order valence-electron chi connectivity index (χ4n) is 2.48. The Labute approximate surface area is 173 Å². The Morgan fingerprint density at radius 1 is 0.767 bits per heavy atom. The summed E-state index contributed by atoms with van der Waals surface area (Å²) in [5.74, 6) is -0.642. The molecule has 0 fully saturated rings. The highest BCUT2D eigenvalue weighted by Gasteiger charge is 2.12. The lowest BCUT2D eigenvalue weighted by Gasteiger charge is -2.08. The fraction of sp³-hybridized carbons (Fsp3) is 0.0870. The average Bonchev–Trinajstić information content (AvgIpc) is 2.77. The number of benzene rings is 3. The van der Waals surface area contributed by atoms with Gasteiger partial charge in [0.15, 0.2) is 6.61 Å². The monoisotopic (exact) mass is 404 g/mol. The van der Waals surface area contributed by atoms with Crippen LogP contribution in [0.2, 0.25) is 0 Å². The number of ether oxygens (including phenoxy) is 2. The number of amides is 3. The summed E-state index contributed by atoms with van der Waals surface area (Å²) in [6.45, 7) is -0.210. The smallest absolute Gasteiger partial charge is 0.338 e. The summed E-state index contributed by atoms with van der Waals surface area (Å²) in [6.07, 6.45) is 0. The predicted molar refractivity (Wildman–Crippen MR) is 111 cm³/mol. The van der Waals surface area contributed by atoms with Crippen LogP contribution in [-0.4, -0.2) is 24.5 Å². The van der Waals surface area contributed by atoms with Crippen molar-refractivity contribution >= 4 is 23.6 Å². The van der Waals surface area contributed by atoms with Crippen molar-refractivity contribution in [3.63, 3.8) is 0 Å². The van der Waals surface area contributed by atoms with E-state index < -0.39 is 24.5 Å². The van der Waals surface area contributed by atoms with E-state index in [9.17, 15) is 14.4 Å². The molecule has 30 heavy (non-hydrogen) atoms. The molecule has 0 unspecified atom stereocenters. The van der Waals surface area contributed by atoms with Gasteiger partial charge in [0.1, 0.15) is 12.4 Å². The highest BCUT2D eigenvalue weighted by molar-refractivity contribution is 6.02. The first kappa shape index (κ1) is 20.6. The average molecular weight is 404 g/mol. The maximum Gasteiger partial charge on any atom is 0.338 e. The van der Waals surface area contributed by atoms with Crippen LogP contribution in [0.1, 0.15) is 15.9 Å². The Morgan fingerprint density at radius 3 is 2.07 bits per heavy atom. The third kappa shape index (κ3) is 6.49. The van der Waals surface area contributed by atoms with Gasteiger partial charge in [0, 0.05) is 5.69 Å². The maximum atomic E-state index is 12.1. The lowest BCUT2D eigenvalue weighted by atomic mass is 10.1. The molecular weight excluding hydrogens is 384 g/mol. The van der Waals surface area contributed by atoms with Crippen LogP contribution in [0, 0.1) is 0 Å². The van der Waals surface area contributed by atoms with Crippen LogP contribution in [0.25, 0.3) is 0 Å². The fourth-order valence-corrected chi connectivity index (χ4v) is 2.48. The van der Waals surface area contributed by atoms with Crippen LogP contribution in [-0.2, 0) is 16.1 Å². The highest BCUT2D eigenvalue weighted by Crippen LogP contribution is 2.12. The van der Waals surface area contributed by atoms with Gasteiger partial charge in [-0.3, -0.25) is 10.1 Å². The van der Waals surface area contributed by atoms with E-state index in [2.05, 4.69) is 10.6 Å². The molecule has 2 N–H and O–H groups in total. The molecule has 3 rings (SSSR count). The van der Waals surface area contributed by atoms with Crippen LogP contribution in [0.4, 0.5) is 10.5 Å². The van der Waals surface area contributed by atoms with Gasteiger partial charge < -0.3 is 14.8 Å². The number of imide groups is 1. The summed E-state index contributed by atoms with van der Waals surface area (Å²) in [5, 5.41) is 4.59. The van der Waals surface area contributed by atoms with Gasteiger partial charge in [0.2, 0.25) is 0 Å². The normalized spacial score (nSPS) is 10.0. The molecule has 3 amide bonds. The Kier molecular flexibility index (Phi) is 7.16. The molecule has 0 aliphatic rings. The number of para-hydroxylation sites is 2. The largest absolute Gasteiger partial charge is 0.489 e. The highest BCUT2D eigenvalue weighted by atomic mass is 16.5. The second-order valence-corrected chi connectivity index (χ2v) is 6.24. The third-order valence-corrected chi connectivity index (χ3v) is 3.96. The number of carbonyl (C=O) groups excluding carboxylic acids is 3. The molecule has 0 aliphatic heterocycles. The van der Waals surface area contributed by atoms with Crippen molar-refractivity contribution < 1.29 is 23.9 Å². The quantitative estimate of drug-likeness (QED) is 0.585. The maximum absolute atomic E-state index is 12.1. The molecule has 7 nitrogen and oxygen atoms in total. The van der Waals surface area contributed by atoms with E-state index >= 15 is 0 Å². The van der Waals surface area contributed by atoms with Crippen LogP contribution < -0.4 is 15.4 Å². The molecule has 3 aromatic carbocycles. The van der Waals surface area contributed by atoms with Crippen molar-refractivity contribution in [3.8, 4) is 5.75 Å². The molecule has 0 bridgehead atoms. The Balaban J connectivity index is 1.41. The number of anilines is 1. The third-order valence-electron chi connectivity index (χ3n) is 3.96. The molecule has 0 aliphatic carbocycles. The summed E-state index contributed by atoms with van der Waals surface area (Å²) in [4.78, 5) is 35.6. The van der Waals surface area contributed by atoms with E-state index in [4.69, 9.17) is 9.47 Å². The standard InChI is InChI=1S/C23H20N2O5/c26-21(25-23(28)24-19-7-3-1-4-8-19)16-30-22(27)18-13-11-17(12-14-18)15-29-20-9-5-2-6-10-20/h1-14H,15-16H2,(H2,24,25,26,28). The summed E-state index contributed by atoms with van der Waals surface area (Å²) >= 11 is 0. The zero-order valence-electron chi connectivity index (χ0n) is 16.0. The number of urea groups is 1. The zero-order chi connectivity index (χ0) is 21.2. The summed E-state index contributed by atoms with van der Waals surface area (Å²) < 4.78 is 10.6. The van der Waals surface area contributed by atoms with E-state index in [1.54, 1.807) is 54.6 Å². The van der Waals surface area contributed by atoms with Gasteiger partial charge in [-0.25, -0.2) is 9.59 Å². The van der Waals surface area contributed by atoms with Crippen molar-refractivity contribution in [2.45, 2.75) is 6.61 Å². The van der Waals surface area contributed by atoms with Crippen molar-refractivity contribution in [2.75, 3.05) is 11.9 Å². The number of nitrogens with one attached hydrogen (secondary N) is 2. The minimum atomic E-state index is -0.732. The Bertz CT molecular complexity index is 989. The van der Waals surface area contributed by atoms with Gasteiger partial charge in [0.25, 0.3) is 5.91 Å². The number of esters is 1. The summed E-state index contributed by atoms with van der Waals surface area (Å²) in [7, 11) is 0. The first-order chi connectivity index (χ1) is 14.6. The first-order valence-corrected chi connectivity index (χ1v) is 9.20. The first-order valence-electron chi connectivity index (χ1n) is 9.20. The van der Waals surface area contributed by atoms with Crippen LogP contribution >= 0.6 is 0 Å². The number of hydrogen-bond donors (Lipinski definition) is 2.